The second kappa shape index (κ2) is 4.51. The molecule has 3 amide bonds. The van der Waals surface area contributed by atoms with E-state index < -0.39 is 17.7 Å². The third-order valence-electron chi connectivity index (χ3n) is 1.61. The molecule has 1 aromatic heterocycles. The lowest BCUT2D eigenvalue weighted by Crippen LogP contribution is -2.34. The number of anilines is 2. The summed E-state index contributed by atoms with van der Waals surface area (Å²) >= 11 is 0. The van der Waals surface area contributed by atoms with Crippen LogP contribution in [0.25, 0.3) is 0 Å². The number of aromatic nitrogens is 2. The van der Waals surface area contributed by atoms with Crippen molar-refractivity contribution >= 4 is 29.4 Å². The Morgan fingerprint density at radius 1 is 1.12 bits per heavy atom. The van der Waals surface area contributed by atoms with Crippen molar-refractivity contribution in [2.24, 2.45) is 0 Å². The molecule has 8 heteroatoms. The molecule has 1 aromatic rings. The third kappa shape index (κ3) is 2.41. The van der Waals surface area contributed by atoms with Gasteiger partial charge in [-0.3, -0.25) is 14.4 Å². The Bertz CT molecular complexity index is 425. The molecule has 0 saturated heterocycles. The SMILES string of the molecule is CC(=O)Nc1nonc1N(C(C)=O)C(C)=O. The van der Waals surface area contributed by atoms with Gasteiger partial charge >= 0.3 is 0 Å². The average molecular weight is 226 g/mol. The minimum atomic E-state index is -0.546. The van der Waals surface area contributed by atoms with Crippen molar-refractivity contribution in [3.05, 3.63) is 0 Å². The molecule has 0 aliphatic rings. The van der Waals surface area contributed by atoms with Crippen molar-refractivity contribution in [3.63, 3.8) is 0 Å². The number of carbonyl (C=O) groups excluding carboxylic acids is 3. The molecular formula is C8H10N4O4. The first kappa shape index (κ1) is 11.8. The monoisotopic (exact) mass is 226 g/mol. The first-order valence-corrected chi connectivity index (χ1v) is 4.35. The van der Waals surface area contributed by atoms with Crippen LogP contribution in [0, 0.1) is 0 Å². The van der Waals surface area contributed by atoms with E-state index in [0.29, 0.717) is 0 Å². The van der Waals surface area contributed by atoms with Gasteiger partial charge in [0.15, 0.2) is 0 Å². The molecule has 0 fully saturated rings. The lowest BCUT2D eigenvalue weighted by atomic mass is 10.4. The number of rotatable bonds is 2. The van der Waals surface area contributed by atoms with E-state index in [4.69, 9.17) is 0 Å². The first-order valence-electron chi connectivity index (χ1n) is 4.35. The van der Waals surface area contributed by atoms with Crippen molar-refractivity contribution in [3.8, 4) is 0 Å². The zero-order chi connectivity index (χ0) is 12.3. The molecule has 0 aromatic carbocycles. The van der Waals surface area contributed by atoms with E-state index >= 15 is 0 Å². The summed E-state index contributed by atoms with van der Waals surface area (Å²) in [5.74, 6) is -1.71. The standard InChI is InChI=1S/C8H10N4O4/c1-4(13)9-7-8(11-16-10-7)12(5(2)14)6(3)15/h1-3H3,(H,9,10,13). The normalized spacial score (nSPS) is 9.69. The Morgan fingerprint density at radius 2 is 1.69 bits per heavy atom. The molecule has 86 valence electrons. The van der Waals surface area contributed by atoms with Gasteiger partial charge in [-0.1, -0.05) is 0 Å². The van der Waals surface area contributed by atoms with Crippen LogP contribution in [0.2, 0.25) is 0 Å². The van der Waals surface area contributed by atoms with Gasteiger partial charge in [-0.2, -0.15) is 0 Å². The summed E-state index contributed by atoms with van der Waals surface area (Å²) in [6.07, 6.45) is 0. The zero-order valence-corrected chi connectivity index (χ0v) is 8.97. The maximum absolute atomic E-state index is 11.2. The molecule has 1 N–H and O–H groups in total. The van der Waals surface area contributed by atoms with Crippen molar-refractivity contribution in [2.75, 3.05) is 10.2 Å². The Hall–Kier alpha value is -2.25. The van der Waals surface area contributed by atoms with Gasteiger partial charge in [-0.15, -0.1) is 0 Å². The lowest BCUT2D eigenvalue weighted by Gasteiger charge is -2.13. The molecule has 0 aliphatic carbocycles. The summed E-state index contributed by atoms with van der Waals surface area (Å²) in [7, 11) is 0. The van der Waals surface area contributed by atoms with Crippen LogP contribution in [0.3, 0.4) is 0 Å². The second-order valence-corrected chi connectivity index (χ2v) is 2.99. The molecule has 0 spiro atoms. The van der Waals surface area contributed by atoms with E-state index in [1.54, 1.807) is 0 Å². The largest absolute Gasteiger partial charge is 0.305 e. The molecule has 0 radical (unpaired) electrons. The van der Waals surface area contributed by atoms with Crippen LogP contribution >= 0.6 is 0 Å². The molecule has 0 atom stereocenters. The van der Waals surface area contributed by atoms with Crippen LogP contribution in [0.5, 0.6) is 0 Å². The van der Waals surface area contributed by atoms with Crippen LogP contribution in [0.1, 0.15) is 20.8 Å². The van der Waals surface area contributed by atoms with Gasteiger partial charge in [-0.05, 0) is 10.3 Å². The summed E-state index contributed by atoms with van der Waals surface area (Å²) in [6, 6.07) is 0. The minimum absolute atomic E-state index is 0.0714. The molecule has 1 rings (SSSR count). The molecule has 8 nitrogen and oxygen atoms in total. The molecule has 0 bridgehead atoms. The van der Waals surface area contributed by atoms with E-state index in [2.05, 4.69) is 20.3 Å². The van der Waals surface area contributed by atoms with Gasteiger partial charge in [0.25, 0.3) is 0 Å². The highest BCUT2D eigenvalue weighted by atomic mass is 16.6. The summed E-state index contributed by atoms with van der Waals surface area (Å²) < 4.78 is 4.37. The molecular weight excluding hydrogens is 216 g/mol. The molecule has 1 heterocycles. The molecule has 16 heavy (non-hydrogen) atoms. The van der Waals surface area contributed by atoms with E-state index in [1.165, 1.54) is 20.8 Å². The van der Waals surface area contributed by atoms with Crippen molar-refractivity contribution in [2.45, 2.75) is 20.8 Å². The van der Waals surface area contributed by atoms with E-state index in [0.717, 1.165) is 4.90 Å². The predicted molar refractivity (Wildman–Crippen MR) is 52.4 cm³/mol. The van der Waals surface area contributed by atoms with E-state index in [-0.39, 0.29) is 11.6 Å². The van der Waals surface area contributed by atoms with E-state index in [9.17, 15) is 14.4 Å². The van der Waals surface area contributed by atoms with Crippen LogP contribution in [-0.2, 0) is 14.4 Å². The average Bonchev–Trinajstić information content (AvgIpc) is 2.50. The van der Waals surface area contributed by atoms with Gasteiger partial charge in [0.05, 0.1) is 0 Å². The van der Waals surface area contributed by atoms with Crippen LogP contribution < -0.4 is 10.2 Å². The fraction of sp³-hybridized carbons (Fsp3) is 0.375. The lowest BCUT2D eigenvalue weighted by molar-refractivity contribution is -0.124. The van der Waals surface area contributed by atoms with Gasteiger partial charge in [-0.25, -0.2) is 9.53 Å². The molecule has 0 aliphatic heterocycles. The topological polar surface area (TPSA) is 105 Å². The van der Waals surface area contributed by atoms with Crippen LogP contribution in [0.15, 0.2) is 4.63 Å². The highest BCUT2D eigenvalue weighted by Gasteiger charge is 2.25. The van der Waals surface area contributed by atoms with Gasteiger partial charge in [0.2, 0.25) is 29.4 Å². The van der Waals surface area contributed by atoms with Gasteiger partial charge < -0.3 is 5.32 Å². The molecule has 0 saturated carbocycles. The highest BCUT2D eigenvalue weighted by Crippen LogP contribution is 2.21. The smallest absolute Gasteiger partial charge is 0.232 e. The predicted octanol–water partition coefficient (Wildman–Crippen LogP) is -0.0726. The highest BCUT2D eigenvalue weighted by molar-refractivity contribution is 6.14. The summed E-state index contributed by atoms with van der Waals surface area (Å²) in [5, 5.41) is 9.06. The van der Waals surface area contributed by atoms with Crippen molar-refractivity contribution in [1.29, 1.82) is 0 Å². The quantitative estimate of drug-likeness (QED) is 0.756. The van der Waals surface area contributed by atoms with Gasteiger partial charge in [0.1, 0.15) is 0 Å². The Kier molecular flexibility index (Phi) is 3.33. The maximum Gasteiger partial charge on any atom is 0.232 e. The first-order chi connectivity index (χ1) is 7.43. The maximum atomic E-state index is 11.2. The number of hydrogen-bond acceptors (Lipinski definition) is 6. The van der Waals surface area contributed by atoms with Crippen molar-refractivity contribution in [1.82, 2.24) is 10.3 Å². The zero-order valence-electron chi connectivity index (χ0n) is 8.97. The Balaban J connectivity index is 3.10. The third-order valence-corrected chi connectivity index (χ3v) is 1.61. The number of amides is 3. The number of hydrogen-bond donors (Lipinski definition) is 1. The number of nitrogens with zero attached hydrogens (tertiary/aromatic N) is 3. The summed E-state index contributed by atoms with van der Waals surface area (Å²) in [5.41, 5.74) is 0. The van der Waals surface area contributed by atoms with Crippen LogP contribution in [0.4, 0.5) is 11.6 Å². The molecule has 0 unspecified atom stereocenters. The van der Waals surface area contributed by atoms with Gasteiger partial charge in [0, 0.05) is 20.8 Å². The summed E-state index contributed by atoms with van der Waals surface area (Å²) in [6.45, 7) is 3.63. The fourth-order valence-corrected chi connectivity index (χ4v) is 1.10. The van der Waals surface area contributed by atoms with E-state index in [1.807, 2.05) is 0 Å². The van der Waals surface area contributed by atoms with Crippen LogP contribution in [-0.4, -0.2) is 28.0 Å². The number of carbonyl (C=O) groups is 3. The Morgan fingerprint density at radius 3 is 2.12 bits per heavy atom. The van der Waals surface area contributed by atoms with Crippen molar-refractivity contribution < 1.29 is 19.0 Å². The Labute approximate surface area is 90.6 Å². The minimum Gasteiger partial charge on any atom is -0.305 e. The summed E-state index contributed by atoms with van der Waals surface area (Å²) in [4.78, 5) is 34.0. The number of imide groups is 1. The fourth-order valence-electron chi connectivity index (χ4n) is 1.10. The second-order valence-electron chi connectivity index (χ2n) is 2.99. The number of nitrogens with one attached hydrogen (secondary N) is 1.